The zero-order valence-corrected chi connectivity index (χ0v) is 7.52. The molecule has 4 heteroatoms. The largest absolute Gasteiger partial charge is 2.00 e. The van der Waals surface area contributed by atoms with Gasteiger partial charge in [0, 0.05) is 56.8 Å². The van der Waals surface area contributed by atoms with Gasteiger partial charge in [-0.1, -0.05) is 0 Å². The van der Waals surface area contributed by atoms with E-state index in [2.05, 4.69) is 0 Å². The minimum absolute atomic E-state index is 0. The summed E-state index contributed by atoms with van der Waals surface area (Å²) in [5, 5.41) is 0. The van der Waals surface area contributed by atoms with Gasteiger partial charge in [-0.2, -0.15) is 0 Å². The van der Waals surface area contributed by atoms with Crippen molar-refractivity contribution in [3.05, 3.63) is 0 Å². The molecule has 0 spiro atoms. The average molecular weight is 339 g/mol. The third-order valence-electron chi connectivity index (χ3n) is 0. The van der Waals surface area contributed by atoms with E-state index in [0.29, 0.717) is 0 Å². The van der Waals surface area contributed by atoms with E-state index in [1.165, 1.54) is 0 Å². The van der Waals surface area contributed by atoms with Gasteiger partial charge in [0.2, 0.25) is 0 Å². The maximum Gasteiger partial charge on any atom is 2.00 e. The van der Waals surface area contributed by atoms with E-state index in [-0.39, 0.29) is 82.7 Å². The predicted octanol–water partition coefficient (Wildman–Crippen LogP) is -0.163. The molecule has 0 aromatic rings. The van der Waals surface area contributed by atoms with Crippen LogP contribution in [0.4, 0.5) is 0 Å². The van der Waals surface area contributed by atoms with Crippen LogP contribution < -0.4 is 0 Å². The van der Waals surface area contributed by atoms with Crippen LogP contribution in [0.2, 0.25) is 0 Å². The van der Waals surface area contributed by atoms with Crippen LogP contribution in [0.15, 0.2) is 0 Å². The van der Waals surface area contributed by atoms with Gasteiger partial charge >= 0.3 is 23.1 Å². The molecule has 0 heterocycles. The molecule has 0 nitrogen and oxygen atoms in total. The van der Waals surface area contributed by atoms with Crippen molar-refractivity contribution in [1.29, 1.82) is 0 Å². The molecular weight excluding hydrogens is 337 g/mol. The van der Waals surface area contributed by atoms with Crippen molar-refractivity contribution in [2.24, 2.45) is 0 Å². The van der Waals surface area contributed by atoms with Crippen LogP contribution in [0.5, 0.6) is 0 Å². The fourth-order valence-electron chi connectivity index (χ4n) is 0. The Bertz CT molecular complexity index is 13.5. The molecule has 4 heavy (non-hydrogen) atoms. The molecular formula is H2AuCrCuMg. The maximum absolute atomic E-state index is 0. The van der Waals surface area contributed by atoms with Gasteiger partial charge in [-0.25, -0.2) is 0 Å². The molecule has 2 radical (unpaired) electrons. The third kappa shape index (κ3) is 8.82. The summed E-state index contributed by atoms with van der Waals surface area (Å²) in [5.41, 5.74) is 0. The molecule has 0 fully saturated rings. The number of hydrogen-bond donors (Lipinski definition) is 0. The van der Waals surface area contributed by atoms with Gasteiger partial charge in [-0.3, -0.25) is 0 Å². The molecule has 0 aliphatic heterocycles. The molecule has 0 amide bonds. The van der Waals surface area contributed by atoms with E-state index >= 15 is 0 Å². The molecule has 0 atom stereocenters. The van der Waals surface area contributed by atoms with Crippen LogP contribution in [0.3, 0.4) is 0 Å². The van der Waals surface area contributed by atoms with Gasteiger partial charge in [0.25, 0.3) is 0 Å². The normalized spacial score (nSPS) is 0. The summed E-state index contributed by atoms with van der Waals surface area (Å²) in [5.74, 6) is 0. The molecule has 0 unspecified atom stereocenters. The standard InChI is InChI=1S/Au.Cr.Cu.Mg.2H/q;;;+2;2*-1. The summed E-state index contributed by atoms with van der Waals surface area (Å²) in [6.07, 6.45) is 0. The SMILES string of the molecule is [Au].[Cr].[Cu].[H-].[H-].[Mg+2]. The van der Waals surface area contributed by atoms with E-state index in [1.807, 2.05) is 0 Å². The Morgan fingerprint density at radius 3 is 1.25 bits per heavy atom. The van der Waals surface area contributed by atoms with Gasteiger partial charge in [0.15, 0.2) is 0 Å². The van der Waals surface area contributed by atoms with Gasteiger partial charge < -0.3 is 2.85 Å². The topological polar surface area (TPSA) is 0 Å². The van der Waals surface area contributed by atoms with Gasteiger partial charge in [-0.15, -0.1) is 0 Å². The third-order valence-corrected chi connectivity index (χ3v) is 0. The molecule has 0 rings (SSSR count). The molecule has 0 aliphatic rings. The Balaban J connectivity index is 0. The summed E-state index contributed by atoms with van der Waals surface area (Å²) in [7, 11) is 0. The van der Waals surface area contributed by atoms with Gasteiger partial charge in [0.05, 0.1) is 0 Å². The fraction of sp³-hybridized carbons (Fsp3) is 0. The molecule has 0 aliphatic carbocycles. The first-order chi connectivity index (χ1) is 0. The minimum atomic E-state index is 0. The van der Waals surface area contributed by atoms with Crippen molar-refractivity contribution < 1.29 is 59.7 Å². The van der Waals surface area contributed by atoms with E-state index in [0.717, 1.165) is 0 Å². The first kappa shape index (κ1) is 31.0. The van der Waals surface area contributed by atoms with Gasteiger partial charge in [0.1, 0.15) is 0 Å². The van der Waals surface area contributed by atoms with E-state index in [4.69, 9.17) is 0 Å². The first-order valence-corrected chi connectivity index (χ1v) is 0. The number of hydrogen-bond acceptors (Lipinski definition) is 0. The van der Waals surface area contributed by atoms with Gasteiger partial charge in [-0.05, 0) is 0 Å². The minimum Gasteiger partial charge on any atom is -1.00 e. The Morgan fingerprint density at radius 2 is 1.25 bits per heavy atom. The van der Waals surface area contributed by atoms with Crippen LogP contribution in [-0.2, 0) is 56.8 Å². The smallest absolute Gasteiger partial charge is 1.00 e. The monoisotopic (exact) mass is 338 g/mol. The fourth-order valence-corrected chi connectivity index (χ4v) is 0. The second kappa shape index (κ2) is 17.6. The second-order valence-corrected chi connectivity index (χ2v) is 0. The van der Waals surface area contributed by atoms with Crippen LogP contribution in [0.25, 0.3) is 0 Å². The zero-order chi connectivity index (χ0) is 0. The van der Waals surface area contributed by atoms with Crippen molar-refractivity contribution in [2.75, 3.05) is 0 Å². The molecule has 0 saturated carbocycles. The zero-order valence-electron chi connectivity index (χ0n) is 3.72. The van der Waals surface area contributed by atoms with Crippen molar-refractivity contribution >= 4 is 23.1 Å². The second-order valence-electron chi connectivity index (χ2n) is 0. The van der Waals surface area contributed by atoms with Crippen LogP contribution >= 0.6 is 0 Å². The predicted molar refractivity (Wildman–Crippen MR) is 7.98 cm³/mol. The summed E-state index contributed by atoms with van der Waals surface area (Å²) in [4.78, 5) is 0. The molecule has 0 saturated heterocycles. The number of rotatable bonds is 0. The first-order valence-electron chi connectivity index (χ1n) is 0. The van der Waals surface area contributed by atoms with Crippen molar-refractivity contribution in [1.82, 2.24) is 0 Å². The van der Waals surface area contributed by atoms with Crippen LogP contribution in [0.1, 0.15) is 2.85 Å². The van der Waals surface area contributed by atoms with Crippen molar-refractivity contribution in [3.63, 3.8) is 0 Å². The van der Waals surface area contributed by atoms with E-state index < -0.39 is 0 Å². The molecule has 0 aromatic heterocycles. The quantitative estimate of drug-likeness (QED) is 0.538. The summed E-state index contributed by atoms with van der Waals surface area (Å²) < 4.78 is 0. The van der Waals surface area contributed by atoms with Crippen molar-refractivity contribution in [3.8, 4) is 0 Å². The molecule has 0 bridgehead atoms. The molecule has 0 aromatic carbocycles. The average Bonchev–Trinajstić information content (AvgIpc) is 0. The molecule has 0 N–H and O–H groups in total. The Labute approximate surface area is 81.7 Å². The van der Waals surface area contributed by atoms with Crippen molar-refractivity contribution in [2.45, 2.75) is 0 Å². The molecule has 32 valence electrons. The van der Waals surface area contributed by atoms with E-state index in [1.54, 1.807) is 0 Å². The van der Waals surface area contributed by atoms with Crippen LogP contribution in [0, 0.1) is 0 Å². The Kier molecular flexibility index (Phi) is 137. The summed E-state index contributed by atoms with van der Waals surface area (Å²) in [6.45, 7) is 0. The Morgan fingerprint density at radius 1 is 1.25 bits per heavy atom. The van der Waals surface area contributed by atoms with Crippen LogP contribution in [-0.4, -0.2) is 23.1 Å². The maximum atomic E-state index is 0. The van der Waals surface area contributed by atoms with E-state index in [9.17, 15) is 0 Å². The summed E-state index contributed by atoms with van der Waals surface area (Å²) >= 11 is 0. The summed E-state index contributed by atoms with van der Waals surface area (Å²) in [6, 6.07) is 0. The Hall–Kier alpha value is 2.56.